The van der Waals surface area contributed by atoms with Crippen molar-refractivity contribution in [1.82, 2.24) is 4.98 Å². The molecule has 0 amide bonds. The summed E-state index contributed by atoms with van der Waals surface area (Å²) < 4.78 is 11.3. The molecular formula is C15H25N3O2. The molecule has 5 heteroatoms. The predicted molar refractivity (Wildman–Crippen MR) is 80.2 cm³/mol. The quantitative estimate of drug-likeness (QED) is 0.860. The van der Waals surface area contributed by atoms with Crippen molar-refractivity contribution in [3.63, 3.8) is 0 Å². The van der Waals surface area contributed by atoms with Gasteiger partial charge in [0.1, 0.15) is 0 Å². The Hall–Kier alpha value is -1.33. The Morgan fingerprint density at radius 1 is 1.50 bits per heavy atom. The summed E-state index contributed by atoms with van der Waals surface area (Å²) in [5.41, 5.74) is 5.93. The fraction of sp³-hybridized carbons (Fsp3) is 0.667. The monoisotopic (exact) mass is 279 g/mol. The van der Waals surface area contributed by atoms with Crippen molar-refractivity contribution in [3.05, 3.63) is 18.3 Å². The standard InChI is InChI=1S/C15H25N3O2/c1-3-9-20-14-5-4-7-17-15(14)18-8-6-13(19-2)10-12(18)11-16/h4-5,7,12-13H,3,6,8-11,16H2,1-2H3. The molecule has 5 nitrogen and oxygen atoms in total. The van der Waals surface area contributed by atoms with Gasteiger partial charge in [0.05, 0.1) is 12.7 Å². The SMILES string of the molecule is CCCOc1cccnc1N1CCC(OC)CC1CN. The lowest BCUT2D eigenvalue weighted by atomic mass is 9.99. The first-order valence-corrected chi connectivity index (χ1v) is 7.37. The number of aromatic nitrogens is 1. The van der Waals surface area contributed by atoms with E-state index in [-0.39, 0.29) is 6.04 Å². The lowest BCUT2D eigenvalue weighted by Crippen LogP contribution is -2.49. The van der Waals surface area contributed by atoms with Crippen LogP contribution in [0.3, 0.4) is 0 Å². The van der Waals surface area contributed by atoms with E-state index in [1.54, 1.807) is 7.11 Å². The van der Waals surface area contributed by atoms with Crippen LogP contribution >= 0.6 is 0 Å². The van der Waals surface area contributed by atoms with Crippen molar-refractivity contribution in [2.75, 3.05) is 31.7 Å². The zero-order valence-corrected chi connectivity index (χ0v) is 12.4. The van der Waals surface area contributed by atoms with Gasteiger partial charge < -0.3 is 20.1 Å². The van der Waals surface area contributed by atoms with E-state index in [4.69, 9.17) is 15.2 Å². The molecule has 0 radical (unpaired) electrons. The summed E-state index contributed by atoms with van der Waals surface area (Å²) in [6, 6.07) is 4.15. The van der Waals surface area contributed by atoms with Crippen LogP contribution in [0.5, 0.6) is 5.75 Å². The number of pyridine rings is 1. The van der Waals surface area contributed by atoms with Gasteiger partial charge in [-0.2, -0.15) is 0 Å². The Bertz CT molecular complexity index is 414. The van der Waals surface area contributed by atoms with Gasteiger partial charge in [0.15, 0.2) is 11.6 Å². The maximum atomic E-state index is 5.93. The van der Waals surface area contributed by atoms with Gasteiger partial charge in [-0.3, -0.25) is 0 Å². The number of ether oxygens (including phenoxy) is 2. The molecule has 1 aromatic rings. The Labute approximate surface area is 121 Å². The minimum Gasteiger partial charge on any atom is -0.490 e. The summed E-state index contributed by atoms with van der Waals surface area (Å²) in [5.74, 6) is 1.76. The Morgan fingerprint density at radius 3 is 3.05 bits per heavy atom. The molecule has 0 saturated carbocycles. The zero-order valence-electron chi connectivity index (χ0n) is 12.4. The van der Waals surface area contributed by atoms with Crippen molar-refractivity contribution in [2.45, 2.75) is 38.3 Å². The average Bonchev–Trinajstić information content (AvgIpc) is 2.52. The van der Waals surface area contributed by atoms with Gasteiger partial charge in [0.2, 0.25) is 0 Å². The van der Waals surface area contributed by atoms with Crippen LogP contribution in [-0.4, -0.2) is 43.9 Å². The molecule has 2 heterocycles. The second kappa shape index (κ2) is 7.45. The lowest BCUT2D eigenvalue weighted by Gasteiger charge is -2.39. The van der Waals surface area contributed by atoms with Gasteiger partial charge in [0.25, 0.3) is 0 Å². The molecule has 0 aliphatic carbocycles. The molecular weight excluding hydrogens is 254 g/mol. The Balaban J connectivity index is 2.17. The smallest absolute Gasteiger partial charge is 0.171 e. The van der Waals surface area contributed by atoms with E-state index >= 15 is 0 Å². The van der Waals surface area contributed by atoms with Crippen LogP contribution in [0.4, 0.5) is 5.82 Å². The second-order valence-corrected chi connectivity index (χ2v) is 5.14. The topological polar surface area (TPSA) is 60.6 Å². The second-order valence-electron chi connectivity index (χ2n) is 5.14. The number of hydrogen-bond donors (Lipinski definition) is 1. The molecule has 20 heavy (non-hydrogen) atoms. The average molecular weight is 279 g/mol. The number of nitrogens with two attached hydrogens (primary N) is 1. The van der Waals surface area contributed by atoms with Gasteiger partial charge >= 0.3 is 0 Å². The first-order chi connectivity index (χ1) is 9.80. The van der Waals surface area contributed by atoms with E-state index in [9.17, 15) is 0 Å². The van der Waals surface area contributed by atoms with Gasteiger partial charge in [-0.25, -0.2) is 4.98 Å². The molecule has 0 aromatic carbocycles. The van der Waals surface area contributed by atoms with Crippen LogP contribution < -0.4 is 15.4 Å². The van der Waals surface area contributed by atoms with Crippen LogP contribution in [0.15, 0.2) is 18.3 Å². The van der Waals surface area contributed by atoms with Crippen molar-refractivity contribution in [1.29, 1.82) is 0 Å². The third-order valence-corrected chi connectivity index (χ3v) is 3.76. The number of nitrogens with zero attached hydrogens (tertiary/aromatic N) is 2. The van der Waals surface area contributed by atoms with E-state index < -0.39 is 0 Å². The number of anilines is 1. The molecule has 0 spiro atoms. The zero-order chi connectivity index (χ0) is 14.4. The van der Waals surface area contributed by atoms with Crippen molar-refractivity contribution >= 4 is 5.82 Å². The van der Waals surface area contributed by atoms with Crippen LogP contribution in [0, 0.1) is 0 Å². The molecule has 2 atom stereocenters. The third-order valence-electron chi connectivity index (χ3n) is 3.76. The van der Waals surface area contributed by atoms with Gasteiger partial charge in [-0.15, -0.1) is 0 Å². The highest BCUT2D eigenvalue weighted by atomic mass is 16.5. The van der Waals surface area contributed by atoms with Crippen LogP contribution in [-0.2, 0) is 4.74 Å². The number of rotatable bonds is 6. The molecule has 0 bridgehead atoms. The maximum Gasteiger partial charge on any atom is 0.171 e. The van der Waals surface area contributed by atoms with E-state index in [0.29, 0.717) is 19.3 Å². The summed E-state index contributed by atoms with van der Waals surface area (Å²) >= 11 is 0. The molecule has 2 N–H and O–H groups in total. The lowest BCUT2D eigenvalue weighted by molar-refractivity contribution is 0.0706. The molecule has 2 rings (SSSR count). The van der Waals surface area contributed by atoms with Crippen molar-refractivity contribution in [3.8, 4) is 5.75 Å². The first-order valence-electron chi connectivity index (χ1n) is 7.37. The minimum atomic E-state index is 0.257. The molecule has 1 fully saturated rings. The summed E-state index contributed by atoms with van der Waals surface area (Å²) in [7, 11) is 1.77. The van der Waals surface area contributed by atoms with E-state index in [1.807, 2.05) is 18.3 Å². The van der Waals surface area contributed by atoms with Crippen molar-refractivity contribution < 1.29 is 9.47 Å². The highest BCUT2D eigenvalue weighted by Crippen LogP contribution is 2.31. The minimum absolute atomic E-state index is 0.257. The molecule has 1 aliphatic rings. The fourth-order valence-electron chi connectivity index (χ4n) is 2.65. The molecule has 2 unspecified atom stereocenters. The largest absolute Gasteiger partial charge is 0.490 e. The normalized spacial score (nSPS) is 22.9. The summed E-state index contributed by atoms with van der Waals surface area (Å²) in [5, 5.41) is 0. The van der Waals surface area contributed by atoms with Gasteiger partial charge in [-0.1, -0.05) is 6.92 Å². The maximum absolute atomic E-state index is 5.93. The fourth-order valence-corrected chi connectivity index (χ4v) is 2.65. The Morgan fingerprint density at radius 2 is 2.35 bits per heavy atom. The van der Waals surface area contributed by atoms with E-state index in [0.717, 1.165) is 37.4 Å². The summed E-state index contributed by atoms with van der Waals surface area (Å²) in [4.78, 5) is 6.77. The van der Waals surface area contributed by atoms with Crippen molar-refractivity contribution in [2.24, 2.45) is 5.73 Å². The van der Waals surface area contributed by atoms with E-state index in [2.05, 4.69) is 16.8 Å². The summed E-state index contributed by atoms with van der Waals surface area (Å²) in [6.07, 6.45) is 5.03. The molecule has 1 aliphatic heterocycles. The van der Waals surface area contributed by atoms with Crippen LogP contribution in [0.25, 0.3) is 0 Å². The van der Waals surface area contributed by atoms with Gasteiger partial charge in [0, 0.05) is 32.4 Å². The summed E-state index contributed by atoms with van der Waals surface area (Å²) in [6.45, 7) is 4.31. The Kier molecular flexibility index (Phi) is 5.61. The van der Waals surface area contributed by atoms with Crippen LogP contribution in [0.1, 0.15) is 26.2 Å². The highest BCUT2D eigenvalue weighted by Gasteiger charge is 2.30. The first kappa shape index (κ1) is 15.1. The number of piperidine rings is 1. The third kappa shape index (κ3) is 3.41. The molecule has 1 aromatic heterocycles. The predicted octanol–water partition coefficient (Wildman–Crippen LogP) is 1.81. The molecule has 1 saturated heterocycles. The van der Waals surface area contributed by atoms with E-state index in [1.165, 1.54) is 0 Å². The number of hydrogen-bond acceptors (Lipinski definition) is 5. The van der Waals surface area contributed by atoms with Gasteiger partial charge in [-0.05, 0) is 31.4 Å². The molecule has 112 valence electrons. The van der Waals surface area contributed by atoms with Crippen LogP contribution in [0.2, 0.25) is 0 Å². The highest BCUT2D eigenvalue weighted by molar-refractivity contribution is 5.53. The number of methoxy groups -OCH3 is 1.